The third-order valence-electron chi connectivity index (χ3n) is 6.42. The fourth-order valence-electron chi connectivity index (χ4n) is 4.43. The van der Waals surface area contributed by atoms with Crippen LogP contribution in [-0.4, -0.2) is 17.8 Å². The third kappa shape index (κ3) is 3.77. The first-order chi connectivity index (χ1) is 18.4. The van der Waals surface area contributed by atoms with Crippen LogP contribution in [0, 0.1) is 6.92 Å². The molecule has 4 aromatic carbocycles. The quantitative estimate of drug-likeness (QED) is 0.229. The molecule has 0 unspecified atom stereocenters. The van der Waals surface area contributed by atoms with Gasteiger partial charge in [-0.2, -0.15) is 0 Å². The molecule has 7 nitrogen and oxygen atoms in total. The number of aryl methyl sites for hydroxylation is 1. The summed E-state index contributed by atoms with van der Waals surface area (Å²) in [7, 11) is 0. The minimum Gasteiger partial charge on any atom is -0.452 e. The van der Waals surface area contributed by atoms with Gasteiger partial charge in [-0.25, -0.2) is 9.69 Å². The predicted molar refractivity (Wildman–Crippen MR) is 142 cm³/mol. The maximum absolute atomic E-state index is 13.3. The van der Waals surface area contributed by atoms with Crippen LogP contribution in [-0.2, 0) is 0 Å². The number of carbonyl (C=O) groups is 3. The van der Waals surface area contributed by atoms with Crippen LogP contribution in [0.1, 0.15) is 36.6 Å². The SMILES string of the molecule is Cc1ccc(-c2oc3ccccc3c(=O)c2OC(=O)c2ccc(N3C(=O)c4ccccc4C3=O)cc2)cc1. The van der Waals surface area contributed by atoms with Gasteiger partial charge in [0, 0.05) is 5.56 Å². The van der Waals surface area contributed by atoms with Crippen molar-refractivity contribution in [3.63, 3.8) is 0 Å². The molecular formula is C31H19NO6. The Labute approximate surface area is 216 Å². The van der Waals surface area contributed by atoms with Gasteiger partial charge in [0.2, 0.25) is 11.2 Å². The average molecular weight is 501 g/mol. The van der Waals surface area contributed by atoms with E-state index < -0.39 is 23.2 Å². The van der Waals surface area contributed by atoms with Crippen LogP contribution >= 0.6 is 0 Å². The molecule has 1 aromatic heterocycles. The Bertz CT molecular complexity index is 1780. The topological polar surface area (TPSA) is 93.9 Å². The molecule has 7 heteroatoms. The lowest BCUT2D eigenvalue weighted by Crippen LogP contribution is -2.29. The highest BCUT2D eigenvalue weighted by Crippen LogP contribution is 2.32. The number of para-hydroxylation sites is 1. The van der Waals surface area contributed by atoms with E-state index in [2.05, 4.69) is 0 Å². The number of amides is 2. The maximum Gasteiger partial charge on any atom is 0.343 e. The highest BCUT2D eigenvalue weighted by atomic mass is 16.5. The first kappa shape index (κ1) is 23.1. The summed E-state index contributed by atoms with van der Waals surface area (Å²) in [4.78, 5) is 53.1. The van der Waals surface area contributed by atoms with Gasteiger partial charge in [-0.3, -0.25) is 14.4 Å². The molecule has 0 bridgehead atoms. The number of hydrogen-bond acceptors (Lipinski definition) is 6. The number of rotatable bonds is 4. The van der Waals surface area contributed by atoms with Crippen molar-refractivity contribution in [3.8, 4) is 17.1 Å². The van der Waals surface area contributed by atoms with Gasteiger partial charge >= 0.3 is 5.97 Å². The van der Waals surface area contributed by atoms with E-state index in [9.17, 15) is 19.2 Å². The van der Waals surface area contributed by atoms with Crippen molar-refractivity contribution in [2.75, 3.05) is 4.90 Å². The molecule has 0 spiro atoms. The van der Waals surface area contributed by atoms with Crippen molar-refractivity contribution >= 4 is 34.4 Å². The summed E-state index contributed by atoms with van der Waals surface area (Å²) in [5, 5.41) is 0.284. The fraction of sp³-hybridized carbons (Fsp3) is 0.0323. The molecule has 0 fully saturated rings. The number of carbonyl (C=O) groups excluding carboxylic acids is 3. The van der Waals surface area contributed by atoms with Gasteiger partial charge in [-0.15, -0.1) is 0 Å². The van der Waals surface area contributed by atoms with Crippen LogP contribution in [0.25, 0.3) is 22.3 Å². The van der Waals surface area contributed by atoms with Crippen molar-refractivity contribution in [3.05, 3.63) is 130 Å². The number of hydrogen-bond donors (Lipinski definition) is 0. The number of ether oxygens (including phenoxy) is 1. The predicted octanol–water partition coefficient (Wildman–Crippen LogP) is 5.79. The Morgan fingerprint density at radius 1 is 0.737 bits per heavy atom. The number of esters is 1. The minimum absolute atomic E-state index is 0.132. The Morgan fingerprint density at radius 2 is 1.34 bits per heavy atom. The first-order valence-electron chi connectivity index (χ1n) is 11.9. The van der Waals surface area contributed by atoms with E-state index in [-0.39, 0.29) is 22.5 Å². The van der Waals surface area contributed by atoms with E-state index in [0.29, 0.717) is 28.0 Å². The lowest BCUT2D eigenvalue weighted by atomic mass is 10.1. The van der Waals surface area contributed by atoms with Gasteiger partial charge in [0.1, 0.15) is 5.58 Å². The van der Waals surface area contributed by atoms with Crippen molar-refractivity contribution in [1.29, 1.82) is 0 Å². The van der Waals surface area contributed by atoms with Crippen molar-refractivity contribution in [2.24, 2.45) is 0 Å². The highest BCUT2D eigenvalue weighted by molar-refractivity contribution is 6.34. The fourth-order valence-corrected chi connectivity index (χ4v) is 4.43. The second kappa shape index (κ2) is 8.97. The van der Waals surface area contributed by atoms with E-state index in [1.807, 2.05) is 19.1 Å². The van der Waals surface area contributed by atoms with E-state index in [1.54, 1.807) is 60.7 Å². The van der Waals surface area contributed by atoms with E-state index in [1.165, 1.54) is 24.3 Å². The van der Waals surface area contributed by atoms with Crippen LogP contribution < -0.4 is 15.1 Å². The van der Waals surface area contributed by atoms with Gasteiger partial charge in [0.05, 0.1) is 27.8 Å². The normalized spacial score (nSPS) is 12.6. The molecule has 184 valence electrons. The van der Waals surface area contributed by atoms with E-state index in [0.717, 1.165) is 10.5 Å². The number of nitrogens with zero attached hydrogens (tertiary/aromatic N) is 1. The van der Waals surface area contributed by atoms with E-state index >= 15 is 0 Å². The highest BCUT2D eigenvalue weighted by Gasteiger charge is 2.36. The van der Waals surface area contributed by atoms with Gasteiger partial charge in [-0.1, -0.05) is 54.1 Å². The second-order valence-electron chi connectivity index (χ2n) is 8.88. The van der Waals surface area contributed by atoms with Crippen LogP contribution in [0.5, 0.6) is 5.75 Å². The molecule has 1 aliphatic rings. The minimum atomic E-state index is -0.783. The Balaban J connectivity index is 1.34. The molecule has 6 rings (SSSR count). The molecule has 0 aliphatic carbocycles. The molecular weight excluding hydrogens is 482 g/mol. The third-order valence-corrected chi connectivity index (χ3v) is 6.42. The molecule has 0 N–H and O–H groups in total. The number of imide groups is 1. The first-order valence-corrected chi connectivity index (χ1v) is 11.9. The summed E-state index contributed by atoms with van der Waals surface area (Å²) >= 11 is 0. The molecule has 2 amide bonds. The lowest BCUT2D eigenvalue weighted by molar-refractivity contribution is 0.0731. The number of benzene rings is 4. The standard InChI is InChI=1S/C31H19NO6/c1-18-10-12-19(13-11-18)27-28(26(33)24-8-4-5-9-25(24)37-27)38-31(36)20-14-16-21(17-15-20)32-29(34)22-6-2-3-7-23(22)30(32)35/h2-17H,1H3. The largest absolute Gasteiger partial charge is 0.452 e. The average Bonchev–Trinajstić information content (AvgIpc) is 3.20. The van der Waals surface area contributed by atoms with Crippen molar-refractivity contribution in [1.82, 2.24) is 0 Å². The van der Waals surface area contributed by atoms with E-state index in [4.69, 9.17) is 9.15 Å². The monoisotopic (exact) mass is 501 g/mol. The van der Waals surface area contributed by atoms with Crippen LogP contribution in [0.2, 0.25) is 0 Å². The molecule has 5 aromatic rings. The Morgan fingerprint density at radius 3 is 2.00 bits per heavy atom. The van der Waals surface area contributed by atoms with Crippen molar-refractivity contribution < 1.29 is 23.5 Å². The van der Waals surface area contributed by atoms with Gasteiger partial charge in [0.15, 0.2) is 5.76 Å². The van der Waals surface area contributed by atoms with Crippen molar-refractivity contribution in [2.45, 2.75) is 6.92 Å². The van der Waals surface area contributed by atoms with Gasteiger partial charge in [0.25, 0.3) is 11.8 Å². The summed E-state index contributed by atoms with van der Waals surface area (Å²) in [6, 6.07) is 26.5. The summed E-state index contributed by atoms with van der Waals surface area (Å²) in [5.41, 5.74) is 2.61. The Kier molecular flexibility index (Phi) is 5.46. The van der Waals surface area contributed by atoms with Gasteiger partial charge in [-0.05, 0) is 55.5 Å². The molecule has 1 aliphatic heterocycles. The number of fused-ring (bicyclic) bond motifs is 2. The summed E-state index contributed by atoms with van der Waals surface area (Å²) in [5.74, 6) is -1.73. The zero-order chi connectivity index (χ0) is 26.4. The summed E-state index contributed by atoms with van der Waals surface area (Å²) < 4.78 is 11.6. The summed E-state index contributed by atoms with van der Waals surface area (Å²) in [6.45, 7) is 1.94. The van der Waals surface area contributed by atoms with Crippen LogP contribution in [0.3, 0.4) is 0 Å². The zero-order valence-electron chi connectivity index (χ0n) is 20.1. The molecule has 2 heterocycles. The van der Waals surface area contributed by atoms with Crippen LogP contribution in [0.15, 0.2) is 106 Å². The lowest BCUT2D eigenvalue weighted by Gasteiger charge is -2.14. The Hall–Kier alpha value is -5.30. The molecule has 38 heavy (non-hydrogen) atoms. The number of anilines is 1. The second-order valence-corrected chi connectivity index (χ2v) is 8.88. The van der Waals surface area contributed by atoms with Gasteiger partial charge < -0.3 is 9.15 Å². The maximum atomic E-state index is 13.3. The van der Waals surface area contributed by atoms with Crippen LogP contribution in [0.4, 0.5) is 5.69 Å². The molecule has 0 radical (unpaired) electrons. The molecule has 0 atom stereocenters. The summed E-state index contributed by atoms with van der Waals surface area (Å²) in [6.07, 6.45) is 0. The zero-order valence-corrected chi connectivity index (χ0v) is 20.1. The molecule has 0 saturated heterocycles. The smallest absolute Gasteiger partial charge is 0.343 e. The molecule has 0 saturated carbocycles.